The smallest absolute Gasteiger partial charge is 0.0682 e. The third-order valence-electron chi connectivity index (χ3n) is 2.23. The van der Waals surface area contributed by atoms with Gasteiger partial charge in [-0.3, -0.25) is 0 Å². The highest BCUT2D eigenvalue weighted by Crippen LogP contribution is 2.30. The lowest BCUT2D eigenvalue weighted by molar-refractivity contribution is 0.278. The molecule has 1 aromatic carbocycles. The predicted octanol–water partition coefficient (Wildman–Crippen LogP) is 2.29. The van der Waals surface area contributed by atoms with Gasteiger partial charge in [-0.25, -0.2) is 0 Å². The zero-order valence-corrected chi connectivity index (χ0v) is 9.55. The third-order valence-corrected chi connectivity index (χ3v) is 2.52. The zero-order chi connectivity index (χ0) is 10.1. The van der Waals surface area contributed by atoms with Crippen LogP contribution in [0.15, 0.2) is 24.4 Å². The van der Waals surface area contributed by atoms with Crippen molar-refractivity contribution in [3.63, 3.8) is 0 Å². The minimum atomic E-state index is 0. The van der Waals surface area contributed by atoms with E-state index in [1.165, 1.54) is 0 Å². The molecular formula is C10H12Cl2N2O. The van der Waals surface area contributed by atoms with Crippen LogP contribution in [0.4, 0.5) is 5.69 Å². The summed E-state index contributed by atoms with van der Waals surface area (Å²) >= 11 is 6.04. The van der Waals surface area contributed by atoms with E-state index in [2.05, 4.69) is 0 Å². The normalized spacial score (nSPS) is 10.3. The molecule has 82 valence electrons. The first-order valence-corrected chi connectivity index (χ1v) is 4.75. The van der Waals surface area contributed by atoms with E-state index in [1.54, 1.807) is 6.20 Å². The van der Waals surface area contributed by atoms with Crippen LogP contribution in [0.2, 0.25) is 5.02 Å². The number of anilines is 1. The molecule has 1 heterocycles. The SMILES string of the molecule is Cl.Nc1cccc2c1c(Cl)cn2CCO. The van der Waals surface area contributed by atoms with Gasteiger partial charge in [-0.05, 0) is 12.1 Å². The van der Waals surface area contributed by atoms with Crippen LogP contribution in [-0.2, 0) is 6.54 Å². The zero-order valence-electron chi connectivity index (χ0n) is 7.98. The van der Waals surface area contributed by atoms with E-state index in [0.717, 1.165) is 10.9 Å². The number of aliphatic hydroxyl groups excluding tert-OH is 1. The molecule has 3 N–H and O–H groups in total. The minimum absolute atomic E-state index is 0. The monoisotopic (exact) mass is 246 g/mol. The van der Waals surface area contributed by atoms with E-state index >= 15 is 0 Å². The molecule has 0 atom stereocenters. The summed E-state index contributed by atoms with van der Waals surface area (Å²) in [5.41, 5.74) is 7.44. The average Bonchev–Trinajstić information content (AvgIpc) is 2.46. The molecule has 2 aromatic rings. The molecule has 15 heavy (non-hydrogen) atoms. The number of rotatable bonds is 2. The fourth-order valence-corrected chi connectivity index (χ4v) is 1.94. The summed E-state index contributed by atoms with van der Waals surface area (Å²) < 4.78 is 1.90. The van der Waals surface area contributed by atoms with E-state index in [9.17, 15) is 0 Å². The quantitative estimate of drug-likeness (QED) is 0.800. The molecular weight excluding hydrogens is 235 g/mol. The summed E-state index contributed by atoms with van der Waals surface area (Å²) in [6, 6.07) is 5.63. The lowest BCUT2D eigenvalue weighted by Gasteiger charge is -2.02. The maximum Gasteiger partial charge on any atom is 0.0682 e. The first-order valence-electron chi connectivity index (χ1n) is 4.37. The van der Waals surface area contributed by atoms with Crippen molar-refractivity contribution in [2.75, 3.05) is 12.3 Å². The maximum absolute atomic E-state index is 8.86. The lowest BCUT2D eigenvalue weighted by atomic mass is 10.2. The molecule has 0 fully saturated rings. The number of nitrogens with two attached hydrogens (primary N) is 1. The number of hydrogen-bond acceptors (Lipinski definition) is 2. The van der Waals surface area contributed by atoms with E-state index < -0.39 is 0 Å². The molecule has 0 unspecified atom stereocenters. The average molecular weight is 247 g/mol. The van der Waals surface area contributed by atoms with Crippen LogP contribution < -0.4 is 5.73 Å². The van der Waals surface area contributed by atoms with Crippen LogP contribution in [0.1, 0.15) is 0 Å². The van der Waals surface area contributed by atoms with E-state index in [1.807, 2.05) is 22.8 Å². The third kappa shape index (κ3) is 2.04. The molecule has 1 aromatic heterocycles. The topological polar surface area (TPSA) is 51.2 Å². The summed E-state index contributed by atoms with van der Waals surface area (Å²) in [5, 5.41) is 10.4. The molecule has 0 saturated heterocycles. The van der Waals surface area contributed by atoms with Crippen LogP contribution in [0, 0.1) is 0 Å². The summed E-state index contributed by atoms with van der Waals surface area (Å²) in [7, 11) is 0. The molecule has 0 aliphatic heterocycles. The van der Waals surface area contributed by atoms with Gasteiger partial charge in [0, 0.05) is 23.8 Å². The number of benzene rings is 1. The van der Waals surface area contributed by atoms with Gasteiger partial charge in [0.25, 0.3) is 0 Å². The van der Waals surface area contributed by atoms with E-state index in [4.69, 9.17) is 22.4 Å². The molecule has 0 aliphatic carbocycles. The Morgan fingerprint density at radius 3 is 2.80 bits per heavy atom. The number of aliphatic hydroxyl groups is 1. The van der Waals surface area contributed by atoms with Gasteiger partial charge in [0.05, 0.1) is 17.1 Å². The van der Waals surface area contributed by atoms with Gasteiger partial charge in [0.1, 0.15) is 0 Å². The lowest BCUT2D eigenvalue weighted by Crippen LogP contribution is -1.99. The van der Waals surface area contributed by atoms with Crippen LogP contribution >= 0.6 is 24.0 Å². The van der Waals surface area contributed by atoms with Gasteiger partial charge in [-0.2, -0.15) is 0 Å². The second kappa shape index (κ2) is 4.75. The summed E-state index contributed by atoms with van der Waals surface area (Å²) in [6.07, 6.45) is 1.79. The van der Waals surface area contributed by atoms with E-state index in [-0.39, 0.29) is 19.0 Å². The first kappa shape index (κ1) is 12.2. The standard InChI is InChI=1S/C10H11ClN2O.ClH/c11-7-6-13(4-5-14)9-3-1-2-8(12)10(7)9;/h1-3,6,14H,4-5,12H2;1H. The maximum atomic E-state index is 8.86. The van der Waals surface area contributed by atoms with Gasteiger partial charge in [0.2, 0.25) is 0 Å². The highest BCUT2D eigenvalue weighted by atomic mass is 35.5. The second-order valence-electron chi connectivity index (χ2n) is 3.14. The fraction of sp³-hybridized carbons (Fsp3) is 0.200. The Morgan fingerprint density at radius 2 is 2.13 bits per heavy atom. The van der Waals surface area contributed by atoms with Crippen LogP contribution in [0.3, 0.4) is 0 Å². The summed E-state index contributed by atoms with van der Waals surface area (Å²) in [6.45, 7) is 0.627. The van der Waals surface area contributed by atoms with Crippen molar-refractivity contribution in [1.82, 2.24) is 4.57 Å². The number of hydrogen-bond donors (Lipinski definition) is 2. The Morgan fingerprint density at radius 1 is 1.40 bits per heavy atom. The van der Waals surface area contributed by atoms with Gasteiger partial charge < -0.3 is 15.4 Å². The van der Waals surface area contributed by atoms with Crippen molar-refractivity contribution in [2.45, 2.75) is 6.54 Å². The Hall–Kier alpha value is -0.900. The molecule has 0 spiro atoms. The number of nitrogens with zero attached hydrogens (tertiary/aromatic N) is 1. The molecule has 0 amide bonds. The Kier molecular flexibility index (Phi) is 3.85. The van der Waals surface area contributed by atoms with Crippen molar-refractivity contribution in [1.29, 1.82) is 0 Å². The van der Waals surface area contributed by atoms with Crippen molar-refractivity contribution in [3.8, 4) is 0 Å². The highest BCUT2D eigenvalue weighted by Gasteiger charge is 2.08. The second-order valence-corrected chi connectivity index (χ2v) is 3.54. The van der Waals surface area contributed by atoms with E-state index in [0.29, 0.717) is 17.3 Å². The molecule has 3 nitrogen and oxygen atoms in total. The van der Waals surface area contributed by atoms with Crippen molar-refractivity contribution < 1.29 is 5.11 Å². The number of fused-ring (bicyclic) bond motifs is 1. The van der Waals surface area contributed by atoms with Crippen molar-refractivity contribution in [3.05, 3.63) is 29.4 Å². The van der Waals surface area contributed by atoms with Gasteiger partial charge in [-0.15, -0.1) is 12.4 Å². The van der Waals surface area contributed by atoms with Crippen LogP contribution in [0.25, 0.3) is 10.9 Å². The Bertz CT molecular complexity index is 468. The predicted molar refractivity (Wildman–Crippen MR) is 65.7 cm³/mol. The minimum Gasteiger partial charge on any atom is -0.398 e. The largest absolute Gasteiger partial charge is 0.398 e. The summed E-state index contributed by atoms with van der Waals surface area (Å²) in [4.78, 5) is 0. The number of nitrogen functional groups attached to an aromatic ring is 1. The molecule has 0 saturated carbocycles. The Balaban J connectivity index is 0.00000112. The molecule has 0 bridgehead atoms. The highest BCUT2D eigenvalue weighted by molar-refractivity contribution is 6.36. The van der Waals surface area contributed by atoms with Gasteiger partial charge in [0.15, 0.2) is 0 Å². The van der Waals surface area contributed by atoms with Gasteiger partial charge in [-0.1, -0.05) is 17.7 Å². The molecule has 2 rings (SSSR count). The van der Waals surface area contributed by atoms with Crippen molar-refractivity contribution >= 4 is 40.6 Å². The van der Waals surface area contributed by atoms with Crippen molar-refractivity contribution in [2.24, 2.45) is 0 Å². The molecule has 0 radical (unpaired) electrons. The van der Waals surface area contributed by atoms with Crippen LogP contribution in [-0.4, -0.2) is 16.3 Å². The van der Waals surface area contributed by atoms with Crippen LogP contribution in [0.5, 0.6) is 0 Å². The molecule has 5 heteroatoms. The number of halogens is 2. The fourth-order valence-electron chi connectivity index (χ4n) is 1.62. The van der Waals surface area contributed by atoms with Gasteiger partial charge >= 0.3 is 0 Å². The summed E-state index contributed by atoms with van der Waals surface area (Å²) in [5.74, 6) is 0. The first-order chi connectivity index (χ1) is 6.74. The number of aromatic nitrogens is 1. The molecule has 0 aliphatic rings. The Labute approximate surface area is 98.9 Å².